The second-order valence-electron chi connectivity index (χ2n) is 8.54. The molecule has 1 saturated heterocycles. The number of halogens is 2. The maximum Gasteiger partial charge on any atom is 0.260 e. The van der Waals surface area contributed by atoms with Gasteiger partial charge in [-0.25, -0.2) is 18.7 Å². The number of piperidine rings is 1. The van der Waals surface area contributed by atoms with Crippen LogP contribution < -0.4 is 10.1 Å². The van der Waals surface area contributed by atoms with Gasteiger partial charge in [0, 0.05) is 19.2 Å². The van der Waals surface area contributed by atoms with Gasteiger partial charge in [-0.05, 0) is 49.4 Å². The molecule has 0 spiro atoms. The van der Waals surface area contributed by atoms with E-state index in [2.05, 4.69) is 15.3 Å². The highest BCUT2D eigenvalue weighted by Crippen LogP contribution is 2.31. The van der Waals surface area contributed by atoms with Crippen LogP contribution in [0.25, 0.3) is 22.4 Å². The number of H-pyrrole nitrogens is 1. The lowest BCUT2D eigenvalue weighted by molar-refractivity contribution is -0.0656. The van der Waals surface area contributed by atoms with Crippen LogP contribution in [0.1, 0.15) is 23.2 Å². The molecular formula is C26H25F2N5O2. The number of alkyl halides is 2. The Balaban J connectivity index is 1.34. The monoisotopic (exact) mass is 477 g/mol. The van der Waals surface area contributed by atoms with Crippen molar-refractivity contribution < 1.29 is 18.3 Å². The SMILES string of the molecule is O=C(Nc1ccccn1)c1cccc2[nH]c(-c3ccccc3OCCN3CCCC(F)(F)C3)nc12. The van der Waals surface area contributed by atoms with Gasteiger partial charge in [-0.2, -0.15) is 0 Å². The van der Waals surface area contributed by atoms with Crippen molar-refractivity contribution in [2.45, 2.75) is 18.8 Å². The molecule has 0 saturated carbocycles. The molecule has 1 aliphatic rings. The summed E-state index contributed by atoms with van der Waals surface area (Å²) in [4.78, 5) is 26.7. The van der Waals surface area contributed by atoms with E-state index < -0.39 is 5.92 Å². The van der Waals surface area contributed by atoms with Crippen LogP contribution in [0.5, 0.6) is 5.75 Å². The Bertz CT molecular complexity index is 1330. The zero-order valence-corrected chi connectivity index (χ0v) is 19.0. The molecule has 5 rings (SSSR count). The van der Waals surface area contributed by atoms with Crippen molar-refractivity contribution in [3.8, 4) is 17.1 Å². The van der Waals surface area contributed by atoms with Gasteiger partial charge in [0.15, 0.2) is 0 Å². The Kier molecular flexibility index (Phi) is 6.41. The van der Waals surface area contributed by atoms with E-state index in [4.69, 9.17) is 9.72 Å². The van der Waals surface area contributed by atoms with Gasteiger partial charge < -0.3 is 15.0 Å². The number of anilines is 1. The second-order valence-corrected chi connectivity index (χ2v) is 8.54. The number of carbonyl (C=O) groups is 1. The first kappa shape index (κ1) is 22.9. The van der Waals surface area contributed by atoms with Crippen LogP contribution in [-0.2, 0) is 0 Å². The number of benzene rings is 2. The van der Waals surface area contributed by atoms with Crippen molar-refractivity contribution in [3.05, 3.63) is 72.4 Å². The van der Waals surface area contributed by atoms with E-state index in [-0.39, 0.29) is 25.5 Å². The predicted octanol–water partition coefficient (Wildman–Crippen LogP) is 4.99. The number of aromatic nitrogens is 3. The molecule has 0 atom stereocenters. The van der Waals surface area contributed by atoms with Gasteiger partial charge in [0.05, 0.1) is 23.2 Å². The molecule has 1 fully saturated rings. The van der Waals surface area contributed by atoms with Gasteiger partial charge in [-0.15, -0.1) is 0 Å². The fourth-order valence-electron chi connectivity index (χ4n) is 4.27. The summed E-state index contributed by atoms with van der Waals surface area (Å²) in [6.07, 6.45) is 2.04. The lowest BCUT2D eigenvalue weighted by atomic mass is 10.1. The molecule has 180 valence electrons. The van der Waals surface area contributed by atoms with Crippen LogP contribution >= 0.6 is 0 Å². The third-order valence-corrected chi connectivity index (χ3v) is 5.94. The molecule has 3 heterocycles. The zero-order chi connectivity index (χ0) is 24.3. The van der Waals surface area contributed by atoms with E-state index in [9.17, 15) is 13.6 Å². The Hall–Kier alpha value is -3.85. The number of carbonyl (C=O) groups excluding carboxylic acids is 1. The summed E-state index contributed by atoms with van der Waals surface area (Å²) in [5, 5.41) is 2.79. The average Bonchev–Trinajstić information content (AvgIpc) is 3.29. The fourth-order valence-corrected chi connectivity index (χ4v) is 4.27. The van der Waals surface area contributed by atoms with E-state index in [0.717, 1.165) is 5.56 Å². The van der Waals surface area contributed by atoms with Gasteiger partial charge in [0.1, 0.15) is 29.5 Å². The number of hydrogen-bond acceptors (Lipinski definition) is 5. The summed E-state index contributed by atoms with van der Waals surface area (Å²) in [6, 6.07) is 18.0. The minimum Gasteiger partial charge on any atom is -0.491 e. The van der Waals surface area contributed by atoms with Crippen molar-refractivity contribution in [2.75, 3.05) is 31.6 Å². The quantitative estimate of drug-likeness (QED) is 0.392. The number of rotatable bonds is 7. The third-order valence-electron chi connectivity index (χ3n) is 5.94. The predicted molar refractivity (Wildman–Crippen MR) is 130 cm³/mol. The fraction of sp³-hybridized carbons (Fsp3) is 0.269. The van der Waals surface area contributed by atoms with Gasteiger partial charge >= 0.3 is 0 Å². The number of imidazole rings is 1. The summed E-state index contributed by atoms with van der Waals surface area (Å²) in [6.45, 7) is 1.12. The highest BCUT2D eigenvalue weighted by Gasteiger charge is 2.34. The summed E-state index contributed by atoms with van der Waals surface area (Å²) < 4.78 is 33.3. The van der Waals surface area contributed by atoms with Crippen molar-refractivity contribution in [1.29, 1.82) is 0 Å². The van der Waals surface area contributed by atoms with E-state index in [1.54, 1.807) is 41.4 Å². The van der Waals surface area contributed by atoms with E-state index in [1.807, 2.05) is 30.3 Å². The minimum absolute atomic E-state index is 0.0544. The van der Waals surface area contributed by atoms with E-state index in [0.29, 0.717) is 53.5 Å². The number of nitrogens with one attached hydrogen (secondary N) is 2. The van der Waals surface area contributed by atoms with Crippen molar-refractivity contribution >= 4 is 22.8 Å². The van der Waals surface area contributed by atoms with E-state index in [1.165, 1.54) is 0 Å². The molecule has 0 aliphatic carbocycles. The molecule has 9 heteroatoms. The van der Waals surface area contributed by atoms with Gasteiger partial charge in [-0.1, -0.05) is 24.3 Å². The number of para-hydroxylation sites is 2. The summed E-state index contributed by atoms with van der Waals surface area (Å²) in [5.74, 6) is -1.34. The first-order valence-corrected chi connectivity index (χ1v) is 11.5. The first-order valence-electron chi connectivity index (χ1n) is 11.5. The normalized spacial score (nSPS) is 15.7. The van der Waals surface area contributed by atoms with Crippen LogP contribution in [0.2, 0.25) is 0 Å². The first-order chi connectivity index (χ1) is 17.0. The summed E-state index contributed by atoms with van der Waals surface area (Å²) >= 11 is 0. The van der Waals surface area contributed by atoms with Crippen LogP contribution in [0.15, 0.2) is 66.9 Å². The molecule has 1 amide bonds. The Morgan fingerprint density at radius 2 is 1.97 bits per heavy atom. The molecule has 2 N–H and O–H groups in total. The summed E-state index contributed by atoms with van der Waals surface area (Å²) in [5.41, 5.74) is 2.38. The molecule has 0 unspecified atom stereocenters. The van der Waals surface area contributed by atoms with Crippen LogP contribution in [0.3, 0.4) is 0 Å². The van der Waals surface area contributed by atoms with Gasteiger partial charge in [0.2, 0.25) is 0 Å². The van der Waals surface area contributed by atoms with Gasteiger partial charge in [0.25, 0.3) is 11.8 Å². The Labute approximate surface area is 201 Å². The number of aromatic amines is 1. The minimum atomic E-state index is -2.63. The molecule has 0 radical (unpaired) electrons. The highest BCUT2D eigenvalue weighted by atomic mass is 19.3. The highest BCUT2D eigenvalue weighted by molar-refractivity contribution is 6.11. The van der Waals surface area contributed by atoms with Crippen molar-refractivity contribution in [3.63, 3.8) is 0 Å². The number of nitrogens with zero attached hydrogens (tertiary/aromatic N) is 3. The third kappa shape index (κ3) is 5.30. The average molecular weight is 478 g/mol. The maximum atomic E-state index is 13.7. The molecule has 0 bridgehead atoms. The van der Waals surface area contributed by atoms with E-state index >= 15 is 0 Å². The molecule has 7 nitrogen and oxygen atoms in total. The maximum absolute atomic E-state index is 13.7. The summed E-state index contributed by atoms with van der Waals surface area (Å²) in [7, 11) is 0. The number of fused-ring (bicyclic) bond motifs is 1. The van der Waals surface area contributed by atoms with Gasteiger partial charge in [-0.3, -0.25) is 9.69 Å². The van der Waals surface area contributed by atoms with Crippen LogP contribution in [-0.4, -0.2) is 57.9 Å². The Morgan fingerprint density at radius 3 is 2.80 bits per heavy atom. The van der Waals surface area contributed by atoms with Crippen LogP contribution in [0, 0.1) is 0 Å². The van der Waals surface area contributed by atoms with Crippen molar-refractivity contribution in [1.82, 2.24) is 19.9 Å². The number of pyridine rings is 1. The molecular weight excluding hydrogens is 452 g/mol. The van der Waals surface area contributed by atoms with Crippen LogP contribution in [0.4, 0.5) is 14.6 Å². The number of ether oxygens (including phenoxy) is 1. The molecule has 1 aliphatic heterocycles. The number of likely N-dealkylation sites (tertiary alicyclic amines) is 1. The standard InChI is InChI=1S/C26H25F2N5O2/c27-26(28)12-6-14-33(17-26)15-16-35-21-10-2-1-7-18(21)24-30-20-9-5-8-19(23(20)32-24)25(34)31-22-11-3-4-13-29-22/h1-5,7-11,13H,6,12,14-17H2,(H,30,32)(H,29,31,34). The second kappa shape index (κ2) is 9.79. The lowest BCUT2D eigenvalue weighted by Crippen LogP contribution is -2.44. The Morgan fingerprint density at radius 1 is 1.11 bits per heavy atom. The molecule has 2 aromatic heterocycles. The molecule has 35 heavy (non-hydrogen) atoms. The topological polar surface area (TPSA) is 83.1 Å². The van der Waals surface area contributed by atoms with Crippen molar-refractivity contribution in [2.24, 2.45) is 0 Å². The number of amides is 1. The molecule has 2 aromatic carbocycles. The smallest absolute Gasteiger partial charge is 0.260 e. The number of hydrogen-bond donors (Lipinski definition) is 2. The largest absolute Gasteiger partial charge is 0.491 e. The lowest BCUT2D eigenvalue weighted by Gasteiger charge is -2.32. The molecule has 4 aromatic rings. The zero-order valence-electron chi connectivity index (χ0n) is 19.0.